The number of hydrogen-bond acceptors (Lipinski definition) is 3. The number of ether oxygens (including phenoxy) is 1. The molecule has 0 aliphatic rings. The molecule has 2 N–H and O–H groups in total. The number of para-hydroxylation sites is 1. The zero-order chi connectivity index (χ0) is 20.5. The molecule has 2 aromatic carbocycles. The highest BCUT2D eigenvalue weighted by molar-refractivity contribution is 5.90. The quantitative estimate of drug-likeness (QED) is 0.654. The maximum absolute atomic E-state index is 12.3. The Bertz CT molecular complexity index is 787. The van der Waals surface area contributed by atoms with Crippen molar-refractivity contribution in [1.29, 1.82) is 0 Å². The van der Waals surface area contributed by atoms with E-state index in [0.29, 0.717) is 12.3 Å². The third-order valence-corrected chi connectivity index (χ3v) is 4.81. The topological polar surface area (TPSA) is 67.4 Å². The Balaban J connectivity index is 1.90. The second kappa shape index (κ2) is 10.5. The first-order valence-corrected chi connectivity index (χ1v) is 9.85. The van der Waals surface area contributed by atoms with Gasteiger partial charge in [-0.2, -0.15) is 0 Å². The molecule has 0 heterocycles. The van der Waals surface area contributed by atoms with E-state index in [2.05, 4.69) is 24.5 Å². The predicted octanol–water partition coefficient (Wildman–Crippen LogP) is 4.80. The van der Waals surface area contributed by atoms with E-state index in [1.165, 1.54) is 0 Å². The van der Waals surface area contributed by atoms with Gasteiger partial charge >= 0.3 is 0 Å². The molecule has 5 nitrogen and oxygen atoms in total. The van der Waals surface area contributed by atoms with Crippen LogP contribution in [0.4, 0.5) is 5.69 Å². The lowest BCUT2D eigenvalue weighted by molar-refractivity contribution is -0.123. The van der Waals surface area contributed by atoms with E-state index >= 15 is 0 Å². The summed E-state index contributed by atoms with van der Waals surface area (Å²) >= 11 is 0. The van der Waals surface area contributed by atoms with Crippen molar-refractivity contribution in [2.75, 3.05) is 11.9 Å². The van der Waals surface area contributed by atoms with Gasteiger partial charge in [0.25, 0.3) is 5.91 Å². The number of amides is 2. The second-order valence-electron chi connectivity index (χ2n) is 6.95. The van der Waals surface area contributed by atoms with Crippen LogP contribution in [0.2, 0.25) is 0 Å². The van der Waals surface area contributed by atoms with Gasteiger partial charge < -0.3 is 15.4 Å². The lowest BCUT2D eigenvalue weighted by Gasteiger charge is -2.17. The minimum Gasteiger partial charge on any atom is -0.483 e. The molecule has 2 atom stereocenters. The highest BCUT2D eigenvalue weighted by Gasteiger charge is 2.13. The fourth-order valence-corrected chi connectivity index (χ4v) is 2.85. The van der Waals surface area contributed by atoms with Gasteiger partial charge in [0.1, 0.15) is 5.75 Å². The highest BCUT2D eigenvalue weighted by atomic mass is 16.5. The van der Waals surface area contributed by atoms with Crippen LogP contribution in [-0.4, -0.2) is 18.4 Å². The molecule has 28 heavy (non-hydrogen) atoms. The van der Waals surface area contributed by atoms with Crippen molar-refractivity contribution in [3.05, 3.63) is 59.7 Å². The smallest absolute Gasteiger partial charge is 0.258 e. The summed E-state index contributed by atoms with van der Waals surface area (Å²) in [6.07, 6.45) is 1.45. The average molecular weight is 383 g/mol. The molecular formula is C23H30N2O3. The first-order chi connectivity index (χ1) is 13.4. The van der Waals surface area contributed by atoms with Crippen LogP contribution in [0, 0.1) is 0 Å². The molecule has 2 rings (SSSR count). The van der Waals surface area contributed by atoms with Crippen LogP contribution in [0.1, 0.15) is 63.6 Å². The summed E-state index contributed by atoms with van der Waals surface area (Å²) in [6, 6.07) is 15.2. The SMILES string of the molecule is CCC(=O)Nc1ccc(C(C)NC(=O)COc2ccccc2C(C)CC)cc1. The Morgan fingerprint density at radius 1 is 0.964 bits per heavy atom. The molecule has 0 saturated heterocycles. The summed E-state index contributed by atoms with van der Waals surface area (Å²) in [5.74, 6) is 0.944. The van der Waals surface area contributed by atoms with E-state index in [-0.39, 0.29) is 24.5 Å². The van der Waals surface area contributed by atoms with Gasteiger partial charge in [-0.25, -0.2) is 0 Å². The Hall–Kier alpha value is -2.82. The van der Waals surface area contributed by atoms with Crippen LogP contribution >= 0.6 is 0 Å². The van der Waals surface area contributed by atoms with Crippen LogP contribution in [0.5, 0.6) is 5.75 Å². The molecule has 0 fully saturated rings. The maximum Gasteiger partial charge on any atom is 0.258 e. The zero-order valence-electron chi connectivity index (χ0n) is 17.1. The first kappa shape index (κ1) is 21.5. The normalized spacial score (nSPS) is 12.7. The van der Waals surface area contributed by atoms with Crippen molar-refractivity contribution < 1.29 is 14.3 Å². The first-order valence-electron chi connectivity index (χ1n) is 9.85. The summed E-state index contributed by atoms with van der Waals surface area (Å²) in [5, 5.41) is 5.76. The molecule has 2 amide bonds. The number of rotatable bonds is 9. The molecule has 2 unspecified atom stereocenters. The van der Waals surface area contributed by atoms with E-state index in [0.717, 1.165) is 29.0 Å². The third-order valence-electron chi connectivity index (χ3n) is 4.81. The number of hydrogen-bond donors (Lipinski definition) is 2. The number of anilines is 1. The highest BCUT2D eigenvalue weighted by Crippen LogP contribution is 2.28. The largest absolute Gasteiger partial charge is 0.483 e. The zero-order valence-corrected chi connectivity index (χ0v) is 17.1. The molecular weight excluding hydrogens is 352 g/mol. The lowest BCUT2D eigenvalue weighted by Crippen LogP contribution is -2.31. The Morgan fingerprint density at radius 3 is 2.29 bits per heavy atom. The van der Waals surface area contributed by atoms with Gasteiger partial charge in [0, 0.05) is 12.1 Å². The van der Waals surface area contributed by atoms with Gasteiger partial charge in [0.2, 0.25) is 5.91 Å². The summed E-state index contributed by atoms with van der Waals surface area (Å²) in [6.45, 7) is 7.99. The fraction of sp³-hybridized carbons (Fsp3) is 0.391. The Kier molecular flexibility index (Phi) is 8.05. The average Bonchev–Trinajstić information content (AvgIpc) is 2.72. The van der Waals surface area contributed by atoms with Crippen molar-refractivity contribution in [3.63, 3.8) is 0 Å². The van der Waals surface area contributed by atoms with E-state index < -0.39 is 0 Å². The van der Waals surface area contributed by atoms with Gasteiger partial charge in [-0.05, 0) is 48.6 Å². The van der Waals surface area contributed by atoms with Gasteiger partial charge in [0.15, 0.2) is 6.61 Å². The molecule has 0 spiro atoms. The minimum absolute atomic E-state index is 0.0241. The van der Waals surface area contributed by atoms with Crippen LogP contribution in [-0.2, 0) is 9.59 Å². The van der Waals surface area contributed by atoms with Gasteiger partial charge in [-0.15, -0.1) is 0 Å². The summed E-state index contributed by atoms with van der Waals surface area (Å²) in [7, 11) is 0. The predicted molar refractivity (Wildman–Crippen MR) is 113 cm³/mol. The van der Waals surface area contributed by atoms with E-state index in [1.54, 1.807) is 0 Å². The van der Waals surface area contributed by atoms with Crippen molar-refractivity contribution in [3.8, 4) is 5.75 Å². The molecule has 0 bridgehead atoms. The standard InChI is InChI=1S/C23H30N2O3/c1-5-16(3)20-9-7-8-10-21(20)28-15-23(27)24-17(4)18-11-13-19(14-12-18)25-22(26)6-2/h7-14,16-17H,5-6,15H2,1-4H3,(H,24,27)(H,25,26). The van der Waals surface area contributed by atoms with Crippen LogP contribution in [0.25, 0.3) is 0 Å². The summed E-state index contributed by atoms with van der Waals surface area (Å²) in [4.78, 5) is 23.7. The molecule has 0 aromatic heterocycles. The number of benzene rings is 2. The van der Waals surface area contributed by atoms with Crippen LogP contribution in [0.15, 0.2) is 48.5 Å². The fourth-order valence-electron chi connectivity index (χ4n) is 2.85. The van der Waals surface area contributed by atoms with Crippen molar-refractivity contribution in [2.24, 2.45) is 0 Å². The molecule has 150 valence electrons. The van der Waals surface area contributed by atoms with E-state index in [1.807, 2.05) is 62.4 Å². The molecule has 0 aliphatic heterocycles. The number of nitrogens with one attached hydrogen (secondary N) is 2. The van der Waals surface area contributed by atoms with Gasteiger partial charge in [-0.3, -0.25) is 9.59 Å². The van der Waals surface area contributed by atoms with Crippen LogP contribution < -0.4 is 15.4 Å². The van der Waals surface area contributed by atoms with E-state index in [9.17, 15) is 9.59 Å². The molecule has 5 heteroatoms. The summed E-state index contributed by atoms with van der Waals surface area (Å²) < 4.78 is 5.77. The van der Waals surface area contributed by atoms with Crippen molar-refractivity contribution in [2.45, 2.75) is 52.5 Å². The minimum atomic E-state index is -0.171. The number of carbonyl (C=O) groups excluding carboxylic acids is 2. The van der Waals surface area contributed by atoms with E-state index in [4.69, 9.17) is 4.74 Å². The lowest BCUT2D eigenvalue weighted by atomic mass is 9.98. The maximum atomic E-state index is 12.3. The third kappa shape index (κ3) is 6.12. The summed E-state index contributed by atoms with van der Waals surface area (Å²) in [5.41, 5.74) is 2.83. The van der Waals surface area contributed by atoms with Crippen LogP contribution in [0.3, 0.4) is 0 Å². The molecule has 0 aliphatic carbocycles. The van der Waals surface area contributed by atoms with Crippen molar-refractivity contribution >= 4 is 17.5 Å². The van der Waals surface area contributed by atoms with Crippen molar-refractivity contribution in [1.82, 2.24) is 5.32 Å². The Morgan fingerprint density at radius 2 is 1.64 bits per heavy atom. The second-order valence-corrected chi connectivity index (χ2v) is 6.95. The van der Waals surface area contributed by atoms with Gasteiger partial charge in [0.05, 0.1) is 6.04 Å². The molecule has 0 radical (unpaired) electrons. The van der Waals surface area contributed by atoms with Gasteiger partial charge in [-0.1, -0.05) is 51.1 Å². The molecule has 2 aromatic rings. The monoisotopic (exact) mass is 382 g/mol. The molecule has 0 saturated carbocycles. The number of carbonyl (C=O) groups is 2. The Labute approximate surface area is 167 Å².